The van der Waals surface area contributed by atoms with Gasteiger partial charge in [-0.15, -0.1) is 11.3 Å². The van der Waals surface area contributed by atoms with Gasteiger partial charge in [0.1, 0.15) is 0 Å². The van der Waals surface area contributed by atoms with E-state index < -0.39 is 11.7 Å². The van der Waals surface area contributed by atoms with Crippen LogP contribution < -0.4 is 5.56 Å². The van der Waals surface area contributed by atoms with Gasteiger partial charge >= 0.3 is 6.18 Å². The molecule has 0 saturated carbocycles. The molecule has 2 aliphatic rings. The van der Waals surface area contributed by atoms with Crippen LogP contribution in [0.3, 0.4) is 0 Å². The summed E-state index contributed by atoms with van der Waals surface area (Å²) >= 11 is 1.56. The maximum atomic E-state index is 12.8. The first-order chi connectivity index (χ1) is 15.9. The van der Waals surface area contributed by atoms with Crippen molar-refractivity contribution in [1.29, 1.82) is 0 Å². The molecule has 1 aromatic carbocycles. The van der Waals surface area contributed by atoms with Crippen molar-refractivity contribution in [2.45, 2.75) is 44.9 Å². The van der Waals surface area contributed by atoms with Crippen molar-refractivity contribution in [2.24, 2.45) is 4.99 Å². The van der Waals surface area contributed by atoms with E-state index >= 15 is 0 Å². The number of alkyl halides is 3. The Labute approximate surface area is 193 Å². The highest BCUT2D eigenvalue weighted by molar-refractivity contribution is 7.15. The maximum Gasteiger partial charge on any atom is 0.416 e. The molecule has 0 atom stereocenters. The average molecular weight is 473 g/mol. The van der Waals surface area contributed by atoms with Gasteiger partial charge in [-0.05, 0) is 49.1 Å². The summed E-state index contributed by atoms with van der Waals surface area (Å²) in [5.41, 5.74) is 2.49. The first-order valence-corrected chi connectivity index (χ1v) is 11.8. The van der Waals surface area contributed by atoms with Crippen LogP contribution in [0.15, 0.2) is 46.2 Å². The SMILES string of the molecule is O=c1[nH]c(C2=NCCCC2)nc2c1CN(Cc1ccc(-c3ccc(C(F)(F)F)cc3)s1)CC2. The molecule has 2 aromatic heterocycles. The molecule has 5 rings (SSSR count). The summed E-state index contributed by atoms with van der Waals surface area (Å²) in [6.45, 7) is 2.79. The van der Waals surface area contributed by atoms with Crippen molar-refractivity contribution < 1.29 is 13.2 Å². The Bertz CT molecular complexity index is 1240. The molecule has 0 bridgehead atoms. The highest BCUT2D eigenvalue weighted by Gasteiger charge is 2.30. The molecular weight excluding hydrogens is 449 g/mol. The van der Waals surface area contributed by atoms with Crippen molar-refractivity contribution in [3.8, 4) is 10.4 Å². The summed E-state index contributed by atoms with van der Waals surface area (Å²) in [7, 11) is 0. The highest BCUT2D eigenvalue weighted by atomic mass is 32.1. The van der Waals surface area contributed by atoms with Crippen LogP contribution in [0.4, 0.5) is 13.2 Å². The van der Waals surface area contributed by atoms with Crippen molar-refractivity contribution in [1.82, 2.24) is 14.9 Å². The Kier molecular flexibility index (Phi) is 5.92. The number of nitrogens with one attached hydrogen (secondary N) is 1. The molecule has 0 saturated heterocycles. The van der Waals surface area contributed by atoms with Crippen LogP contribution in [0.2, 0.25) is 0 Å². The molecule has 0 fully saturated rings. The van der Waals surface area contributed by atoms with E-state index in [0.717, 1.165) is 71.2 Å². The van der Waals surface area contributed by atoms with Crippen LogP contribution in [0.5, 0.6) is 0 Å². The van der Waals surface area contributed by atoms with E-state index in [-0.39, 0.29) is 5.56 Å². The third kappa shape index (κ3) is 4.79. The number of nitrogens with zero attached hydrogens (tertiary/aromatic N) is 3. The van der Waals surface area contributed by atoms with Gasteiger partial charge in [-0.3, -0.25) is 14.7 Å². The Morgan fingerprint density at radius 1 is 1.06 bits per heavy atom. The number of aromatic amines is 1. The van der Waals surface area contributed by atoms with E-state index in [1.165, 1.54) is 12.1 Å². The molecule has 0 aliphatic carbocycles. The number of aliphatic imine (C=N–C) groups is 1. The topological polar surface area (TPSA) is 61.4 Å². The maximum absolute atomic E-state index is 12.8. The van der Waals surface area contributed by atoms with E-state index in [1.54, 1.807) is 11.3 Å². The van der Waals surface area contributed by atoms with Crippen molar-refractivity contribution in [3.05, 3.63) is 74.3 Å². The molecule has 33 heavy (non-hydrogen) atoms. The fourth-order valence-electron chi connectivity index (χ4n) is 4.31. The summed E-state index contributed by atoms with van der Waals surface area (Å²) in [6, 6.07) is 9.18. The third-order valence-corrected chi connectivity index (χ3v) is 7.20. The van der Waals surface area contributed by atoms with Crippen LogP contribution in [0.1, 0.15) is 46.8 Å². The summed E-state index contributed by atoms with van der Waals surface area (Å²) in [4.78, 5) is 29.2. The number of aromatic nitrogens is 2. The Hall–Kier alpha value is -2.78. The Balaban J connectivity index is 1.28. The summed E-state index contributed by atoms with van der Waals surface area (Å²) in [5.74, 6) is 0.617. The third-order valence-electron chi connectivity index (χ3n) is 6.08. The number of H-pyrrole nitrogens is 1. The van der Waals surface area contributed by atoms with Crippen LogP contribution in [0.25, 0.3) is 10.4 Å². The molecule has 172 valence electrons. The number of benzene rings is 1. The monoisotopic (exact) mass is 472 g/mol. The lowest BCUT2D eigenvalue weighted by atomic mass is 10.1. The van der Waals surface area contributed by atoms with Gasteiger partial charge in [0.25, 0.3) is 5.56 Å². The zero-order valence-electron chi connectivity index (χ0n) is 17.9. The second kappa shape index (κ2) is 8.87. The predicted molar refractivity (Wildman–Crippen MR) is 123 cm³/mol. The number of fused-ring (bicyclic) bond motifs is 1. The lowest BCUT2D eigenvalue weighted by Crippen LogP contribution is -2.36. The van der Waals surface area contributed by atoms with E-state index in [9.17, 15) is 18.0 Å². The summed E-state index contributed by atoms with van der Waals surface area (Å²) < 4.78 is 38.4. The molecule has 2 aliphatic heterocycles. The molecule has 3 aromatic rings. The molecule has 0 unspecified atom stereocenters. The van der Waals surface area contributed by atoms with Gasteiger partial charge in [-0.2, -0.15) is 13.2 Å². The molecular formula is C24H23F3N4OS. The quantitative estimate of drug-likeness (QED) is 0.578. The second-order valence-corrected chi connectivity index (χ2v) is 9.60. The minimum absolute atomic E-state index is 0.0930. The lowest BCUT2D eigenvalue weighted by Gasteiger charge is -2.27. The fourth-order valence-corrected chi connectivity index (χ4v) is 5.36. The van der Waals surface area contributed by atoms with Crippen LogP contribution in [-0.2, 0) is 25.7 Å². The van der Waals surface area contributed by atoms with Gasteiger partial charge < -0.3 is 4.98 Å². The van der Waals surface area contributed by atoms with Crippen molar-refractivity contribution in [2.75, 3.05) is 13.1 Å². The lowest BCUT2D eigenvalue weighted by molar-refractivity contribution is -0.137. The first kappa shape index (κ1) is 22.0. The normalized spacial score (nSPS) is 17.0. The molecule has 9 heteroatoms. The smallest absolute Gasteiger partial charge is 0.305 e. The van der Waals surface area contributed by atoms with Gasteiger partial charge in [-0.1, -0.05) is 12.1 Å². The fraction of sp³-hybridized carbons (Fsp3) is 0.375. The zero-order chi connectivity index (χ0) is 23.0. The number of halogens is 3. The Morgan fingerprint density at radius 3 is 2.61 bits per heavy atom. The predicted octanol–water partition coefficient (Wildman–Crippen LogP) is 5.05. The van der Waals surface area contributed by atoms with E-state index in [0.29, 0.717) is 30.9 Å². The van der Waals surface area contributed by atoms with Crippen molar-refractivity contribution >= 4 is 17.0 Å². The molecule has 1 N–H and O–H groups in total. The standard InChI is InChI=1S/C24H23F3N4OS/c25-24(26,27)16-6-4-15(5-7-16)21-9-8-17(33-21)13-31-12-10-19-18(14-31)23(32)30-22(29-19)20-3-1-2-11-28-20/h4-9H,1-3,10-14H2,(H,29,30,32). The van der Waals surface area contributed by atoms with Gasteiger partial charge in [0.05, 0.1) is 22.5 Å². The zero-order valence-corrected chi connectivity index (χ0v) is 18.7. The van der Waals surface area contributed by atoms with E-state index in [1.807, 2.05) is 12.1 Å². The summed E-state index contributed by atoms with van der Waals surface area (Å²) in [6.07, 6.45) is -0.620. The van der Waals surface area contributed by atoms with E-state index in [4.69, 9.17) is 4.98 Å². The Morgan fingerprint density at radius 2 is 1.88 bits per heavy atom. The van der Waals surface area contributed by atoms with Gasteiger partial charge in [-0.25, -0.2) is 4.98 Å². The molecule has 0 spiro atoms. The largest absolute Gasteiger partial charge is 0.416 e. The molecule has 0 amide bonds. The van der Waals surface area contributed by atoms with Crippen LogP contribution >= 0.6 is 11.3 Å². The van der Waals surface area contributed by atoms with E-state index in [2.05, 4.69) is 14.9 Å². The number of thiophene rings is 1. The number of hydrogen-bond donors (Lipinski definition) is 1. The first-order valence-electron chi connectivity index (χ1n) is 11.0. The molecule has 5 nitrogen and oxygen atoms in total. The van der Waals surface area contributed by atoms with Gasteiger partial charge in [0, 0.05) is 42.4 Å². The minimum Gasteiger partial charge on any atom is -0.305 e. The molecule has 4 heterocycles. The number of hydrogen-bond acceptors (Lipinski definition) is 5. The summed E-state index contributed by atoms with van der Waals surface area (Å²) in [5, 5.41) is 0. The van der Waals surface area contributed by atoms with Gasteiger partial charge in [0.15, 0.2) is 5.82 Å². The van der Waals surface area contributed by atoms with Gasteiger partial charge in [0.2, 0.25) is 0 Å². The molecule has 0 radical (unpaired) electrons. The van der Waals surface area contributed by atoms with Crippen molar-refractivity contribution in [3.63, 3.8) is 0 Å². The minimum atomic E-state index is -4.33. The number of rotatable bonds is 4. The average Bonchev–Trinajstić information content (AvgIpc) is 3.28. The van der Waals surface area contributed by atoms with Crippen LogP contribution in [-0.4, -0.2) is 33.7 Å². The van der Waals surface area contributed by atoms with Crippen LogP contribution in [0, 0.1) is 0 Å². The highest BCUT2D eigenvalue weighted by Crippen LogP contribution is 2.33. The second-order valence-electron chi connectivity index (χ2n) is 8.43.